The van der Waals surface area contributed by atoms with Crippen molar-refractivity contribution in [3.63, 3.8) is 0 Å². The molecule has 5 heteroatoms. The van der Waals surface area contributed by atoms with Crippen LogP contribution in [0.1, 0.15) is 73.9 Å². The summed E-state index contributed by atoms with van der Waals surface area (Å²) in [5.74, 6) is 1.28. The van der Waals surface area contributed by atoms with E-state index in [4.69, 9.17) is 14.2 Å². The Balaban J connectivity index is 1.73. The van der Waals surface area contributed by atoms with E-state index in [-0.39, 0.29) is 24.0 Å². The van der Waals surface area contributed by atoms with Crippen molar-refractivity contribution in [3.05, 3.63) is 59.2 Å². The average Bonchev–Trinajstić information content (AvgIpc) is 3.52. The number of hydrogen-bond donors (Lipinski definition) is 0. The minimum atomic E-state index is -0.597. The zero-order valence-electron chi connectivity index (χ0n) is 17.4. The Morgan fingerprint density at radius 3 is 2.34 bits per heavy atom. The smallest absolute Gasteiger partial charge is 0.344 e. The summed E-state index contributed by atoms with van der Waals surface area (Å²) in [6, 6.07) is 12.7. The first-order valence-electron chi connectivity index (χ1n) is 10.1. The molecule has 1 aliphatic carbocycles. The molecule has 5 nitrogen and oxygen atoms in total. The molecule has 0 N–H and O–H groups in total. The van der Waals surface area contributed by atoms with E-state index in [9.17, 15) is 9.59 Å². The van der Waals surface area contributed by atoms with E-state index in [1.54, 1.807) is 24.3 Å². The second kappa shape index (κ2) is 9.12. The molecule has 0 saturated heterocycles. The van der Waals surface area contributed by atoms with Gasteiger partial charge in [0.1, 0.15) is 17.1 Å². The topological polar surface area (TPSA) is 61.8 Å². The van der Waals surface area contributed by atoms with Gasteiger partial charge >= 0.3 is 11.9 Å². The lowest BCUT2D eigenvalue weighted by molar-refractivity contribution is -0.131. The van der Waals surface area contributed by atoms with Crippen molar-refractivity contribution >= 4 is 11.9 Å². The normalized spacial score (nSPS) is 14.4. The van der Waals surface area contributed by atoms with Gasteiger partial charge in [0.25, 0.3) is 0 Å². The largest absolute Gasteiger partial charge is 0.457 e. The SMILES string of the molecule is CC(=O)Oc1ccccc1C(=O)OCOc1c(C(C)C)cccc1C(C)C1CC1. The molecule has 0 aromatic heterocycles. The summed E-state index contributed by atoms with van der Waals surface area (Å²) >= 11 is 0. The van der Waals surface area contributed by atoms with Crippen molar-refractivity contribution < 1.29 is 23.8 Å². The first-order chi connectivity index (χ1) is 13.9. The van der Waals surface area contributed by atoms with Gasteiger partial charge in [-0.15, -0.1) is 0 Å². The molecule has 0 amide bonds. The lowest BCUT2D eigenvalue weighted by atomic mass is 9.90. The zero-order valence-corrected chi connectivity index (χ0v) is 17.4. The molecule has 2 aromatic carbocycles. The van der Waals surface area contributed by atoms with Gasteiger partial charge in [0.2, 0.25) is 6.79 Å². The van der Waals surface area contributed by atoms with E-state index in [2.05, 4.69) is 39.0 Å². The number of ether oxygens (including phenoxy) is 3. The third-order valence-corrected chi connectivity index (χ3v) is 5.27. The summed E-state index contributed by atoms with van der Waals surface area (Å²) in [6.07, 6.45) is 2.49. The second-order valence-electron chi connectivity index (χ2n) is 7.83. The van der Waals surface area contributed by atoms with Crippen LogP contribution in [-0.2, 0) is 9.53 Å². The van der Waals surface area contributed by atoms with Crippen molar-refractivity contribution in [2.24, 2.45) is 5.92 Å². The molecular weight excluding hydrogens is 368 g/mol. The highest BCUT2D eigenvalue weighted by Crippen LogP contribution is 2.46. The molecule has 0 bridgehead atoms. The Labute approximate surface area is 172 Å². The lowest BCUT2D eigenvalue weighted by Crippen LogP contribution is -2.15. The lowest BCUT2D eigenvalue weighted by Gasteiger charge is -2.21. The van der Waals surface area contributed by atoms with Gasteiger partial charge in [-0.1, -0.05) is 51.1 Å². The fourth-order valence-corrected chi connectivity index (χ4v) is 3.50. The number of esters is 2. The molecule has 1 fully saturated rings. The maximum Gasteiger partial charge on any atom is 0.344 e. The van der Waals surface area contributed by atoms with E-state index in [0.717, 1.165) is 16.9 Å². The van der Waals surface area contributed by atoms with E-state index < -0.39 is 11.9 Å². The molecule has 2 aromatic rings. The Morgan fingerprint density at radius 1 is 1.00 bits per heavy atom. The molecule has 0 spiro atoms. The van der Waals surface area contributed by atoms with Crippen LogP contribution in [0.25, 0.3) is 0 Å². The van der Waals surface area contributed by atoms with Crippen LogP contribution in [0, 0.1) is 5.92 Å². The minimum Gasteiger partial charge on any atom is -0.457 e. The molecule has 29 heavy (non-hydrogen) atoms. The third kappa shape index (κ3) is 5.17. The molecule has 0 radical (unpaired) electrons. The van der Waals surface area contributed by atoms with Gasteiger partial charge in [0.05, 0.1) is 0 Å². The van der Waals surface area contributed by atoms with E-state index in [1.165, 1.54) is 19.8 Å². The van der Waals surface area contributed by atoms with Crippen LogP contribution in [0.2, 0.25) is 0 Å². The number of benzene rings is 2. The molecule has 0 aliphatic heterocycles. The fourth-order valence-electron chi connectivity index (χ4n) is 3.50. The van der Waals surface area contributed by atoms with Gasteiger partial charge in [-0.05, 0) is 53.9 Å². The summed E-state index contributed by atoms with van der Waals surface area (Å²) in [7, 11) is 0. The molecule has 0 heterocycles. The van der Waals surface area contributed by atoms with E-state index in [1.807, 2.05) is 0 Å². The number of hydrogen-bond acceptors (Lipinski definition) is 5. The van der Waals surface area contributed by atoms with Gasteiger partial charge < -0.3 is 14.2 Å². The molecule has 1 aliphatic rings. The number of rotatable bonds is 8. The van der Waals surface area contributed by atoms with Crippen molar-refractivity contribution in [3.8, 4) is 11.5 Å². The highest BCUT2D eigenvalue weighted by atomic mass is 16.7. The Hall–Kier alpha value is -2.82. The minimum absolute atomic E-state index is 0.177. The Morgan fingerprint density at radius 2 is 1.69 bits per heavy atom. The molecule has 154 valence electrons. The van der Waals surface area contributed by atoms with Crippen molar-refractivity contribution in [1.29, 1.82) is 0 Å². The van der Waals surface area contributed by atoms with E-state index >= 15 is 0 Å². The highest BCUT2D eigenvalue weighted by molar-refractivity contribution is 5.93. The molecule has 1 saturated carbocycles. The first kappa shape index (κ1) is 20.9. The number of para-hydroxylation sites is 2. The van der Waals surface area contributed by atoms with Gasteiger partial charge in [-0.2, -0.15) is 0 Å². The van der Waals surface area contributed by atoms with Crippen LogP contribution in [-0.4, -0.2) is 18.7 Å². The van der Waals surface area contributed by atoms with Crippen LogP contribution < -0.4 is 9.47 Å². The fraction of sp³-hybridized carbons (Fsp3) is 0.417. The third-order valence-electron chi connectivity index (χ3n) is 5.27. The second-order valence-corrected chi connectivity index (χ2v) is 7.83. The Bertz CT molecular complexity index is 883. The predicted molar refractivity (Wildman–Crippen MR) is 110 cm³/mol. The van der Waals surface area contributed by atoms with Gasteiger partial charge in [-0.25, -0.2) is 4.79 Å². The summed E-state index contributed by atoms with van der Waals surface area (Å²) in [6.45, 7) is 7.55. The maximum atomic E-state index is 12.5. The summed E-state index contributed by atoms with van der Waals surface area (Å²) < 4.78 is 16.4. The van der Waals surface area contributed by atoms with Crippen LogP contribution in [0.4, 0.5) is 0 Å². The molecule has 1 unspecified atom stereocenters. The van der Waals surface area contributed by atoms with Crippen molar-refractivity contribution in [2.45, 2.75) is 52.4 Å². The molecule has 1 atom stereocenters. The first-order valence-corrected chi connectivity index (χ1v) is 10.1. The van der Waals surface area contributed by atoms with Crippen LogP contribution >= 0.6 is 0 Å². The quantitative estimate of drug-likeness (QED) is 0.338. The van der Waals surface area contributed by atoms with E-state index in [0.29, 0.717) is 11.8 Å². The Kier molecular flexibility index (Phi) is 6.57. The zero-order chi connectivity index (χ0) is 21.0. The number of carbonyl (C=O) groups excluding carboxylic acids is 2. The summed E-state index contributed by atoms with van der Waals surface area (Å²) in [5.41, 5.74) is 2.46. The van der Waals surface area contributed by atoms with Gasteiger partial charge in [-0.3, -0.25) is 4.79 Å². The van der Waals surface area contributed by atoms with Crippen LogP contribution in [0.15, 0.2) is 42.5 Å². The van der Waals surface area contributed by atoms with Gasteiger partial charge in [0.15, 0.2) is 0 Å². The van der Waals surface area contributed by atoms with Crippen molar-refractivity contribution in [2.75, 3.05) is 6.79 Å². The predicted octanol–water partition coefficient (Wildman–Crippen LogP) is 5.44. The monoisotopic (exact) mass is 396 g/mol. The highest BCUT2D eigenvalue weighted by Gasteiger charge is 2.31. The molecular formula is C24H28O5. The maximum absolute atomic E-state index is 12.5. The van der Waals surface area contributed by atoms with Crippen molar-refractivity contribution in [1.82, 2.24) is 0 Å². The van der Waals surface area contributed by atoms with Gasteiger partial charge in [0, 0.05) is 6.92 Å². The van der Waals surface area contributed by atoms with Crippen LogP contribution in [0.3, 0.4) is 0 Å². The number of carbonyl (C=O) groups is 2. The average molecular weight is 396 g/mol. The standard InChI is InChI=1S/C24H28O5/c1-15(2)19-9-7-10-20(16(3)18-12-13-18)23(19)27-14-28-24(26)21-8-5-6-11-22(21)29-17(4)25/h5-11,15-16,18H,12-14H2,1-4H3. The van der Waals surface area contributed by atoms with Crippen LogP contribution in [0.5, 0.6) is 11.5 Å². The molecule has 3 rings (SSSR count). The summed E-state index contributed by atoms with van der Waals surface area (Å²) in [4.78, 5) is 23.8. The summed E-state index contributed by atoms with van der Waals surface area (Å²) in [5, 5.41) is 0.